The van der Waals surface area contributed by atoms with Gasteiger partial charge < -0.3 is 4.74 Å². The van der Waals surface area contributed by atoms with Crippen molar-refractivity contribution in [3.63, 3.8) is 0 Å². The standard InChI is InChI=1S/C7H12Cl2O2/c1-2-3-4-5-6(8)11-7(9)10/h6H,2-5H2,1H3. The quantitative estimate of drug-likeness (QED) is 0.384. The van der Waals surface area contributed by atoms with Gasteiger partial charge in [-0.3, -0.25) is 0 Å². The molecular weight excluding hydrogens is 187 g/mol. The first-order valence-corrected chi connectivity index (χ1v) is 4.48. The van der Waals surface area contributed by atoms with Crippen LogP contribution in [0.1, 0.15) is 32.6 Å². The predicted molar refractivity (Wildman–Crippen MR) is 46.1 cm³/mol. The highest BCUT2D eigenvalue weighted by Crippen LogP contribution is 2.11. The summed E-state index contributed by atoms with van der Waals surface area (Å²) in [5.41, 5.74) is -1.40. The van der Waals surface area contributed by atoms with Crippen molar-refractivity contribution < 1.29 is 9.53 Å². The first kappa shape index (κ1) is 11.1. The Bertz CT molecular complexity index is 117. The summed E-state index contributed by atoms with van der Waals surface area (Å²) in [6.07, 6.45) is 3.87. The van der Waals surface area contributed by atoms with Gasteiger partial charge in [0.25, 0.3) is 0 Å². The summed E-state index contributed by atoms with van der Waals surface area (Å²) in [7, 11) is 0. The van der Waals surface area contributed by atoms with Crippen LogP contribution in [0.5, 0.6) is 0 Å². The Kier molecular flexibility index (Phi) is 6.77. The lowest BCUT2D eigenvalue weighted by Crippen LogP contribution is -2.06. The van der Waals surface area contributed by atoms with E-state index < -0.39 is 11.0 Å². The molecule has 4 heteroatoms. The second kappa shape index (κ2) is 6.74. The van der Waals surface area contributed by atoms with Gasteiger partial charge in [-0.15, -0.1) is 0 Å². The molecule has 0 radical (unpaired) electrons. The number of halogens is 2. The summed E-state index contributed by atoms with van der Waals surface area (Å²) in [5.74, 6) is 0. The number of carbonyl (C=O) groups is 1. The van der Waals surface area contributed by atoms with E-state index in [0.29, 0.717) is 6.42 Å². The van der Waals surface area contributed by atoms with Crippen molar-refractivity contribution in [1.29, 1.82) is 0 Å². The van der Waals surface area contributed by atoms with Gasteiger partial charge in [-0.2, -0.15) is 0 Å². The molecule has 66 valence electrons. The van der Waals surface area contributed by atoms with Crippen molar-refractivity contribution >= 4 is 28.6 Å². The molecule has 0 aliphatic rings. The molecule has 0 bridgehead atoms. The second-order valence-electron chi connectivity index (χ2n) is 2.26. The largest absolute Gasteiger partial charge is 0.434 e. The molecule has 0 aromatic carbocycles. The van der Waals surface area contributed by atoms with Gasteiger partial charge in [-0.1, -0.05) is 31.4 Å². The van der Waals surface area contributed by atoms with Gasteiger partial charge in [-0.25, -0.2) is 4.79 Å². The molecule has 0 amide bonds. The lowest BCUT2D eigenvalue weighted by Gasteiger charge is -2.06. The van der Waals surface area contributed by atoms with Gasteiger partial charge in [0.1, 0.15) is 0 Å². The Hall–Kier alpha value is 0.0500. The van der Waals surface area contributed by atoms with Crippen LogP contribution < -0.4 is 0 Å². The van der Waals surface area contributed by atoms with Crippen molar-refractivity contribution in [1.82, 2.24) is 0 Å². The molecule has 1 atom stereocenters. The molecule has 0 fully saturated rings. The van der Waals surface area contributed by atoms with E-state index in [1.165, 1.54) is 0 Å². The van der Waals surface area contributed by atoms with Crippen LogP contribution in [0.25, 0.3) is 0 Å². The number of hydrogen-bond acceptors (Lipinski definition) is 2. The van der Waals surface area contributed by atoms with E-state index in [1.54, 1.807) is 0 Å². The summed E-state index contributed by atoms with van der Waals surface area (Å²) in [5, 5.41) is 0. The lowest BCUT2D eigenvalue weighted by molar-refractivity contribution is 0.154. The Balaban J connectivity index is 3.22. The van der Waals surface area contributed by atoms with Gasteiger partial charge >= 0.3 is 5.43 Å². The minimum Gasteiger partial charge on any atom is -0.434 e. The number of ether oxygens (including phenoxy) is 1. The first-order valence-electron chi connectivity index (χ1n) is 3.67. The molecule has 0 spiro atoms. The van der Waals surface area contributed by atoms with Crippen molar-refractivity contribution in [3.8, 4) is 0 Å². The average molecular weight is 199 g/mol. The molecule has 0 N–H and O–H groups in total. The van der Waals surface area contributed by atoms with E-state index in [-0.39, 0.29) is 0 Å². The zero-order chi connectivity index (χ0) is 8.69. The fourth-order valence-electron chi connectivity index (χ4n) is 0.714. The van der Waals surface area contributed by atoms with E-state index in [0.717, 1.165) is 19.3 Å². The van der Waals surface area contributed by atoms with E-state index in [4.69, 9.17) is 23.2 Å². The van der Waals surface area contributed by atoms with Crippen LogP contribution in [0.2, 0.25) is 0 Å². The zero-order valence-electron chi connectivity index (χ0n) is 6.48. The second-order valence-corrected chi connectivity index (χ2v) is 3.06. The number of unbranched alkanes of at least 4 members (excludes halogenated alkanes) is 2. The lowest BCUT2D eigenvalue weighted by atomic mass is 10.2. The number of rotatable bonds is 5. The predicted octanol–water partition coefficient (Wildman–Crippen LogP) is 3.51. The molecule has 0 aromatic rings. The number of hydrogen-bond donors (Lipinski definition) is 0. The minimum atomic E-state index is -0.832. The smallest absolute Gasteiger partial charge is 0.405 e. The van der Waals surface area contributed by atoms with Crippen LogP contribution in [0.15, 0.2) is 0 Å². The topological polar surface area (TPSA) is 26.3 Å². The number of alkyl halides is 1. The fourth-order valence-corrected chi connectivity index (χ4v) is 1.10. The molecule has 2 nitrogen and oxygen atoms in total. The van der Waals surface area contributed by atoms with E-state index in [2.05, 4.69) is 11.7 Å². The Morgan fingerprint density at radius 2 is 2.18 bits per heavy atom. The summed E-state index contributed by atoms with van der Waals surface area (Å²) in [6.45, 7) is 2.09. The van der Waals surface area contributed by atoms with Crippen molar-refractivity contribution in [3.05, 3.63) is 0 Å². The molecule has 0 heterocycles. The monoisotopic (exact) mass is 198 g/mol. The third kappa shape index (κ3) is 7.95. The van der Waals surface area contributed by atoms with E-state index >= 15 is 0 Å². The molecule has 0 saturated heterocycles. The molecule has 0 saturated carbocycles. The van der Waals surface area contributed by atoms with Gasteiger partial charge in [0.15, 0.2) is 5.56 Å². The fraction of sp³-hybridized carbons (Fsp3) is 0.857. The van der Waals surface area contributed by atoms with Crippen LogP contribution in [0.4, 0.5) is 4.79 Å². The van der Waals surface area contributed by atoms with Crippen LogP contribution >= 0.6 is 23.2 Å². The highest BCUT2D eigenvalue weighted by atomic mass is 35.5. The highest BCUT2D eigenvalue weighted by molar-refractivity contribution is 6.61. The maximum absolute atomic E-state index is 10.1. The molecule has 1 unspecified atom stereocenters. The Morgan fingerprint density at radius 3 is 2.64 bits per heavy atom. The molecular formula is C7H12Cl2O2. The van der Waals surface area contributed by atoms with Crippen LogP contribution in [-0.2, 0) is 4.74 Å². The maximum atomic E-state index is 10.1. The van der Waals surface area contributed by atoms with Gasteiger partial charge in [-0.05, 0) is 12.8 Å². The Morgan fingerprint density at radius 1 is 1.55 bits per heavy atom. The van der Waals surface area contributed by atoms with Crippen LogP contribution in [-0.4, -0.2) is 11.0 Å². The van der Waals surface area contributed by atoms with E-state index in [1.807, 2.05) is 0 Å². The summed E-state index contributed by atoms with van der Waals surface area (Å²) < 4.78 is 4.49. The zero-order valence-corrected chi connectivity index (χ0v) is 7.99. The average Bonchev–Trinajstić information content (AvgIpc) is 1.86. The van der Waals surface area contributed by atoms with E-state index in [9.17, 15) is 4.79 Å². The van der Waals surface area contributed by atoms with Gasteiger partial charge in [0.05, 0.1) is 0 Å². The molecule has 11 heavy (non-hydrogen) atoms. The first-order chi connectivity index (χ1) is 5.16. The summed E-state index contributed by atoms with van der Waals surface area (Å²) in [6, 6.07) is 0. The van der Waals surface area contributed by atoms with Gasteiger partial charge in [0, 0.05) is 11.6 Å². The maximum Gasteiger partial charge on any atom is 0.405 e. The molecule has 0 aliphatic heterocycles. The number of carbonyl (C=O) groups excluding carboxylic acids is 1. The molecule has 0 aliphatic carbocycles. The third-order valence-electron chi connectivity index (χ3n) is 1.26. The van der Waals surface area contributed by atoms with Crippen molar-refractivity contribution in [2.75, 3.05) is 0 Å². The SMILES string of the molecule is CCCCCC(Cl)OC(=O)Cl. The van der Waals surface area contributed by atoms with Crippen molar-refractivity contribution in [2.24, 2.45) is 0 Å². The summed E-state index contributed by atoms with van der Waals surface area (Å²) >= 11 is 10.5. The van der Waals surface area contributed by atoms with Gasteiger partial charge in [0.2, 0.25) is 0 Å². The minimum absolute atomic E-state index is 0.563. The molecule has 0 aromatic heterocycles. The molecule has 0 rings (SSSR count). The highest BCUT2D eigenvalue weighted by Gasteiger charge is 2.07. The van der Waals surface area contributed by atoms with Crippen molar-refractivity contribution in [2.45, 2.75) is 38.2 Å². The summed E-state index contributed by atoms with van der Waals surface area (Å²) in [4.78, 5) is 10.1. The normalized spacial score (nSPS) is 12.6. The third-order valence-corrected chi connectivity index (χ3v) is 1.65. The van der Waals surface area contributed by atoms with Crippen LogP contribution in [0.3, 0.4) is 0 Å². The van der Waals surface area contributed by atoms with Crippen LogP contribution in [0, 0.1) is 0 Å². The Labute approximate surface area is 76.8 Å².